The Morgan fingerprint density at radius 1 is 0.725 bits per heavy atom. The number of halogens is 1. The van der Waals surface area contributed by atoms with E-state index in [9.17, 15) is 9.59 Å². The van der Waals surface area contributed by atoms with E-state index in [1.165, 1.54) is 6.07 Å². The number of esters is 2. The van der Waals surface area contributed by atoms with Crippen molar-refractivity contribution in [3.8, 4) is 33.8 Å². The van der Waals surface area contributed by atoms with Crippen molar-refractivity contribution in [3.63, 3.8) is 0 Å². The van der Waals surface area contributed by atoms with E-state index in [-0.39, 0.29) is 11.8 Å². The number of carbonyl (C=O) groups is 2. The molecule has 0 aliphatic carbocycles. The molecule has 3 aromatic rings. The molecule has 0 spiro atoms. The van der Waals surface area contributed by atoms with Crippen molar-refractivity contribution in [2.75, 3.05) is 13.2 Å². The number of unbranched alkanes of at least 4 members (excludes halogenated alkanes) is 3. The SMILES string of the molecule is C=C(C)C(=O)OCCCCCCOc1ccc(-c2ccc(-c3ccc(OC(=O)C(=C)C)c(C)c3)c(F)c2)c(C)c1. The number of hydrogen-bond donors (Lipinski definition) is 0. The first kappa shape index (κ1) is 30.4. The highest BCUT2D eigenvalue weighted by molar-refractivity contribution is 5.89. The fraction of sp³-hybridized carbons (Fsp3) is 0.294. The zero-order valence-corrected chi connectivity index (χ0v) is 23.8. The molecule has 0 atom stereocenters. The first-order valence-electron chi connectivity index (χ1n) is 13.4. The molecule has 0 aromatic heterocycles. The third-order valence-corrected chi connectivity index (χ3v) is 6.40. The Labute approximate surface area is 236 Å². The van der Waals surface area contributed by atoms with E-state index in [0.717, 1.165) is 53.7 Å². The van der Waals surface area contributed by atoms with E-state index in [1.54, 1.807) is 38.1 Å². The minimum Gasteiger partial charge on any atom is -0.494 e. The molecule has 0 bridgehead atoms. The monoisotopic (exact) mass is 544 g/mol. The van der Waals surface area contributed by atoms with Gasteiger partial charge in [0.15, 0.2) is 0 Å². The van der Waals surface area contributed by atoms with Gasteiger partial charge in [-0.15, -0.1) is 0 Å². The second-order valence-corrected chi connectivity index (χ2v) is 10.0. The number of aryl methyl sites for hydroxylation is 2. The third-order valence-electron chi connectivity index (χ3n) is 6.40. The van der Waals surface area contributed by atoms with Gasteiger partial charge < -0.3 is 14.2 Å². The highest BCUT2D eigenvalue weighted by Crippen LogP contribution is 2.33. The standard InChI is InChI=1S/C34H37FO5/c1-22(2)33(36)39-18-10-8-7-9-17-38-28-13-15-29(24(5)20-28)27-11-14-30(31(35)21-27)26-12-16-32(25(6)19-26)40-34(37)23(3)4/h11-16,19-21H,1,3,7-10,17-18H2,2,4-6H3. The zero-order valence-electron chi connectivity index (χ0n) is 23.8. The third kappa shape index (κ3) is 8.40. The predicted octanol–water partition coefficient (Wildman–Crippen LogP) is 8.32. The van der Waals surface area contributed by atoms with Crippen LogP contribution in [0.25, 0.3) is 22.3 Å². The first-order valence-corrected chi connectivity index (χ1v) is 13.4. The van der Waals surface area contributed by atoms with Gasteiger partial charge in [-0.25, -0.2) is 14.0 Å². The molecule has 0 radical (unpaired) electrons. The molecule has 0 unspecified atom stereocenters. The zero-order chi connectivity index (χ0) is 29.2. The fourth-order valence-corrected chi connectivity index (χ4v) is 4.12. The van der Waals surface area contributed by atoms with Crippen molar-refractivity contribution in [2.45, 2.75) is 53.4 Å². The number of ether oxygens (including phenoxy) is 3. The predicted molar refractivity (Wildman–Crippen MR) is 157 cm³/mol. The van der Waals surface area contributed by atoms with Gasteiger partial charge in [-0.05, 0) is 112 Å². The van der Waals surface area contributed by atoms with Crippen LogP contribution in [0.5, 0.6) is 11.5 Å². The molecule has 3 rings (SSSR count). The molecule has 6 heteroatoms. The number of carbonyl (C=O) groups excluding carboxylic acids is 2. The highest BCUT2D eigenvalue weighted by atomic mass is 19.1. The van der Waals surface area contributed by atoms with Gasteiger partial charge in [0, 0.05) is 16.7 Å². The van der Waals surface area contributed by atoms with Crippen molar-refractivity contribution < 1.29 is 28.2 Å². The second-order valence-electron chi connectivity index (χ2n) is 10.0. The minimum atomic E-state index is -0.492. The molecule has 0 heterocycles. The molecule has 0 fully saturated rings. The Kier molecular flexibility index (Phi) is 10.8. The van der Waals surface area contributed by atoms with Crippen LogP contribution in [0, 0.1) is 19.7 Å². The maximum atomic E-state index is 15.2. The van der Waals surface area contributed by atoms with Crippen LogP contribution < -0.4 is 9.47 Å². The van der Waals surface area contributed by atoms with Crippen LogP contribution in [-0.4, -0.2) is 25.2 Å². The van der Waals surface area contributed by atoms with E-state index < -0.39 is 5.97 Å². The Morgan fingerprint density at radius 3 is 1.98 bits per heavy atom. The van der Waals surface area contributed by atoms with Crippen molar-refractivity contribution in [1.82, 2.24) is 0 Å². The van der Waals surface area contributed by atoms with E-state index >= 15 is 4.39 Å². The van der Waals surface area contributed by atoms with Crippen molar-refractivity contribution in [1.29, 1.82) is 0 Å². The molecule has 0 aliphatic heterocycles. The molecule has 0 aliphatic rings. The van der Waals surface area contributed by atoms with E-state index in [2.05, 4.69) is 13.2 Å². The summed E-state index contributed by atoms with van der Waals surface area (Å²) >= 11 is 0. The summed E-state index contributed by atoms with van der Waals surface area (Å²) in [5.41, 5.74) is 5.32. The number of hydrogen-bond acceptors (Lipinski definition) is 5. The van der Waals surface area contributed by atoms with E-state index in [1.807, 2.05) is 38.1 Å². The smallest absolute Gasteiger partial charge is 0.338 e. The van der Waals surface area contributed by atoms with Crippen LogP contribution in [0.3, 0.4) is 0 Å². The topological polar surface area (TPSA) is 61.8 Å². The molecular formula is C34H37FO5. The summed E-state index contributed by atoms with van der Waals surface area (Å²) in [6, 6.07) is 16.2. The Morgan fingerprint density at radius 2 is 1.35 bits per heavy atom. The number of rotatable bonds is 13. The Balaban J connectivity index is 1.56. The second kappa shape index (κ2) is 14.3. The quantitative estimate of drug-likeness (QED) is 0.0937. The molecule has 0 saturated carbocycles. The van der Waals surface area contributed by atoms with Gasteiger partial charge in [-0.2, -0.15) is 0 Å². The lowest BCUT2D eigenvalue weighted by Crippen LogP contribution is -2.09. The molecule has 3 aromatic carbocycles. The summed E-state index contributed by atoms with van der Waals surface area (Å²) in [5, 5.41) is 0. The van der Waals surface area contributed by atoms with Crippen LogP contribution in [0.2, 0.25) is 0 Å². The highest BCUT2D eigenvalue weighted by Gasteiger charge is 2.13. The van der Waals surface area contributed by atoms with E-state index in [0.29, 0.717) is 41.2 Å². The molecule has 5 nitrogen and oxygen atoms in total. The number of benzene rings is 3. The average Bonchev–Trinajstić information content (AvgIpc) is 2.91. The lowest BCUT2D eigenvalue weighted by Gasteiger charge is -2.13. The van der Waals surface area contributed by atoms with Gasteiger partial charge in [0.25, 0.3) is 0 Å². The molecule has 210 valence electrons. The lowest BCUT2D eigenvalue weighted by atomic mass is 9.96. The van der Waals surface area contributed by atoms with Crippen molar-refractivity contribution in [2.24, 2.45) is 0 Å². The summed E-state index contributed by atoms with van der Waals surface area (Å²) < 4.78 is 31.6. The van der Waals surface area contributed by atoms with Crippen LogP contribution in [0.4, 0.5) is 4.39 Å². The summed E-state index contributed by atoms with van der Waals surface area (Å²) in [6.07, 6.45) is 3.66. The average molecular weight is 545 g/mol. The fourth-order valence-electron chi connectivity index (χ4n) is 4.12. The summed E-state index contributed by atoms with van der Waals surface area (Å²) in [5.74, 6) is 0.0301. The van der Waals surface area contributed by atoms with Gasteiger partial charge in [0.1, 0.15) is 17.3 Å². The summed E-state index contributed by atoms with van der Waals surface area (Å²) in [6.45, 7) is 15.2. The van der Waals surface area contributed by atoms with Crippen LogP contribution >= 0.6 is 0 Å². The maximum Gasteiger partial charge on any atom is 0.338 e. The first-order chi connectivity index (χ1) is 19.1. The van der Waals surface area contributed by atoms with Gasteiger partial charge >= 0.3 is 11.9 Å². The van der Waals surface area contributed by atoms with Gasteiger partial charge in [0.05, 0.1) is 13.2 Å². The van der Waals surface area contributed by atoms with Crippen LogP contribution in [-0.2, 0) is 14.3 Å². The molecule has 0 saturated heterocycles. The van der Waals surface area contributed by atoms with E-state index in [4.69, 9.17) is 14.2 Å². The van der Waals surface area contributed by atoms with Gasteiger partial charge in [0.2, 0.25) is 0 Å². The summed E-state index contributed by atoms with van der Waals surface area (Å²) in [7, 11) is 0. The van der Waals surface area contributed by atoms with Crippen LogP contribution in [0.1, 0.15) is 50.7 Å². The molecule has 40 heavy (non-hydrogen) atoms. The van der Waals surface area contributed by atoms with Crippen molar-refractivity contribution >= 4 is 11.9 Å². The summed E-state index contributed by atoms with van der Waals surface area (Å²) in [4.78, 5) is 23.2. The van der Waals surface area contributed by atoms with Gasteiger partial charge in [-0.1, -0.05) is 37.4 Å². The Bertz CT molecular complexity index is 1410. The lowest BCUT2D eigenvalue weighted by molar-refractivity contribution is -0.139. The van der Waals surface area contributed by atoms with Crippen molar-refractivity contribution in [3.05, 3.63) is 95.8 Å². The molecular weight excluding hydrogens is 507 g/mol. The Hall–Kier alpha value is -4.19. The normalized spacial score (nSPS) is 10.6. The van der Waals surface area contributed by atoms with Gasteiger partial charge in [-0.3, -0.25) is 0 Å². The largest absolute Gasteiger partial charge is 0.494 e. The molecule has 0 amide bonds. The maximum absolute atomic E-state index is 15.2. The van der Waals surface area contributed by atoms with Crippen LogP contribution in [0.15, 0.2) is 78.9 Å². The minimum absolute atomic E-state index is 0.312. The molecule has 0 N–H and O–H groups in total.